The van der Waals surface area contributed by atoms with Crippen molar-refractivity contribution < 1.29 is 9.53 Å². The molecule has 5 heteroatoms. The van der Waals surface area contributed by atoms with Gasteiger partial charge in [-0.15, -0.1) is 11.3 Å². The monoisotopic (exact) mass is 302 g/mol. The highest BCUT2D eigenvalue weighted by molar-refractivity contribution is 7.13. The SMILES string of the molecule is CC/C=C(/C(=O)OCC)c1csc(Nc2ccccc2)n1. The molecule has 1 aromatic carbocycles. The number of anilines is 2. The molecular formula is C16H18N2O2S. The molecule has 1 N–H and O–H groups in total. The van der Waals surface area contributed by atoms with E-state index in [2.05, 4.69) is 10.3 Å². The van der Waals surface area contributed by atoms with Crippen molar-refractivity contribution in [1.29, 1.82) is 0 Å². The van der Waals surface area contributed by atoms with E-state index >= 15 is 0 Å². The van der Waals surface area contributed by atoms with E-state index < -0.39 is 0 Å². The minimum atomic E-state index is -0.323. The van der Waals surface area contributed by atoms with E-state index in [1.54, 1.807) is 6.92 Å². The predicted octanol–water partition coefficient (Wildman–Crippen LogP) is 4.24. The fourth-order valence-electron chi connectivity index (χ4n) is 1.81. The van der Waals surface area contributed by atoms with Gasteiger partial charge in [0.25, 0.3) is 0 Å². The van der Waals surface area contributed by atoms with Crippen LogP contribution in [-0.2, 0) is 9.53 Å². The minimum absolute atomic E-state index is 0.323. The summed E-state index contributed by atoms with van der Waals surface area (Å²) in [6, 6.07) is 9.81. The van der Waals surface area contributed by atoms with Crippen LogP contribution in [0.2, 0.25) is 0 Å². The van der Waals surface area contributed by atoms with E-state index in [0.29, 0.717) is 17.9 Å². The van der Waals surface area contributed by atoms with Crippen molar-refractivity contribution in [2.45, 2.75) is 20.3 Å². The number of carbonyl (C=O) groups is 1. The molecule has 1 heterocycles. The lowest BCUT2D eigenvalue weighted by Gasteiger charge is -2.04. The van der Waals surface area contributed by atoms with Crippen molar-refractivity contribution in [2.75, 3.05) is 11.9 Å². The van der Waals surface area contributed by atoms with Gasteiger partial charge in [0.1, 0.15) is 0 Å². The molecule has 0 unspecified atom stereocenters. The zero-order valence-electron chi connectivity index (χ0n) is 12.1. The number of aromatic nitrogens is 1. The number of nitrogens with one attached hydrogen (secondary N) is 1. The van der Waals surface area contributed by atoms with E-state index in [-0.39, 0.29) is 5.97 Å². The van der Waals surface area contributed by atoms with E-state index in [0.717, 1.165) is 17.2 Å². The maximum atomic E-state index is 12.0. The zero-order chi connectivity index (χ0) is 15.1. The van der Waals surface area contributed by atoms with E-state index in [1.807, 2.05) is 48.7 Å². The predicted molar refractivity (Wildman–Crippen MR) is 86.7 cm³/mol. The molecule has 0 atom stereocenters. The van der Waals surface area contributed by atoms with E-state index in [1.165, 1.54) is 11.3 Å². The molecule has 0 saturated carbocycles. The second kappa shape index (κ2) is 7.59. The largest absolute Gasteiger partial charge is 0.462 e. The fraction of sp³-hybridized carbons (Fsp3) is 0.250. The molecule has 1 aromatic heterocycles. The lowest BCUT2D eigenvalue weighted by atomic mass is 10.2. The molecule has 0 spiro atoms. The Balaban J connectivity index is 2.17. The Morgan fingerprint density at radius 1 is 1.33 bits per heavy atom. The maximum Gasteiger partial charge on any atom is 0.340 e. The summed E-state index contributed by atoms with van der Waals surface area (Å²) in [6.07, 6.45) is 2.60. The number of hydrogen-bond acceptors (Lipinski definition) is 5. The number of esters is 1. The summed E-state index contributed by atoms with van der Waals surface area (Å²) in [5, 5.41) is 5.84. The number of nitrogens with zero attached hydrogens (tertiary/aromatic N) is 1. The molecule has 110 valence electrons. The first-order valence-corrected chi connectivity index (χ1v) is 7.77. The fourth-order valence-corrected chi connectivity index (χ4v) is 2.54. The van der Waals surface area contributed by atoms with Crippen LogP contribution >= 0.6 is 11.3 Å². The van der Waals surface area contributed by atoms with Gasteiger partial charge in [-0.3, -0.25) is 0 Å². The van der Waals surface area contributed by atoms with Gasteiger partial charge in [-0.1, -0.05) is 31.2 Å². The van der Waals surface area contributed by atoms with Gasteiger partial charge < -0.3 is 10.1 Å². The van der Waals surface area contributed by atoms with Crippen molar-refractivity contribution >= 4 is 33.7 Å². The number of para-hydroxylation sites is 1. The standard InChI is InChI=1S/C16H18N2O2S/c1-3-8-13(15(19)20-4-2)14-11-21-16(18-14)17-12-9-6-5-7-10-12/h5-11H,3-4H2,1-2H3,(H,17,18)/b13-8+. The highest BCUT2D eigenvalue weighted by Crippen LogP contribution is 2.25. The Labute approximate surface area is 128 Å². The minimum Gasteiger partial charge on any atom is -0.462 e. The number of carbonyl (C=O) groups excluding carboxylic acids is 1. The third-order valence-corrected chi connectivity index (χ3v) is 3.47. The van der Waals surface area contributed by atoms with E-state index in [4.69, 9.17) is 4.74 Å². The molecule has 2 aromatic rings. The van der Waals surface area contributed by atoms with Crippen LogP contribution in [0.15, 0.2) is 41.8 Å². The Kier molecular flexibility index (Phi) is 5.51. The quantitative estimate of drug-likeness (QED) is 0.640. The summed E-state index contributed by atoms with van der Waals surface area (Å²) in [4.78, 5) is 16.4. The topological polar surface area (TPSA) is 51.2 Å². The summed E-state index contributed by atoms with van der Waals surface area (Å²) in [5.74, 6) is -0.323. The lowest BCUT2D eigenvalue weighted by Crippen LogP contribution is -2.07. The second-order valence-corrected chi connectivity index (χ2v) is 5.13. The molecule has 0 fully saturated rings. The smallest absolute Gasteiger partial charge is 0.340 e. The highest BCUT2D eigenvalue weighted by Gasteiger charge is 2.16. The van der Waals surface area contributed by atoms with Gasteiger partial charge in [0.15, 0.2) is 5.13 Å². The van der Waals surface area contributed by atoms with Gasteiger partial charge in [0.2, 0.25) is 0 Å². The molecule has 4 nitrogen and oxygen atoms in total. The number of ether oxygens (including phenoxy) is 1. The van der Waals surface area contributed by atoms with Gasteiger partial charge >= 0.3 is 5.97 Å². The summed E-state index contributed by atoms with van der Waals surface area (Å²) >= 11 is 1.46. The van der Waals surface area contributed by atoms with Crippen LogP contribution in [-0.4, -0.2) is 17.6 Å². The van der Waals surface area contributed by atoms with E-state index in [9.17, 15) is 4.79 Å². The molecule has 0 aliphatic heterocycles. The van der Waals surface area contributed by atoms with Crippen LogP contribution in [0.1, 0.15) is 26.0 Å². The number of hydrogen-bond donors (Lipinski definition) is 1. The van der Waals surface area contributed by atoms with Crippen LogP contribution in [0.5, 0.6) is 0 Å². The van der Waals surface area contributed by atoms with Crippen molar-refractivity contribution in [1.82, 2.24) is 4.98 Å². The van der Waals surface area contributed by atoms with Crippen LogP contribution < -0.4 is 5.32 Å². The molecular weight excluding hydrogens is 284 g/mol. The third-order valence-electron chi connectivity index (χ3n) is 2.71. The first kappa shape index (κ1) is 15.3. The van der Waals surface area contributed by atoms with Gasteiger partial charge in [-0.05, 0) is 25.5 Å². The molecule has 21 heavy (non-hydrogen) atoms. The lowest BCUT2D eigenvalue weighted by molar-refractivity contribution is -0.136. The number of rotatable bonds is 6. The van der Waals surface area contributed by atoms with Crippen LogP contribution in [0, 0.1) is 0 Å². The summed E-state index contributed by atoms with van der Waals surface area (Å²) in [5.41, 5.74) is 2.14. The van der Waals surface area contributed by atoms with Gasteiger partial charge in [-0.25, -0.2) is 9.78 Å². The van der Waals surface area contributed by atoms with Gasteiger partial charge in [0.05, 0.1) is 17.9 Å². The summed E-state index contributed by atoms with van der Waals surface area (Å²) in [6.45, 7) is 4.14. The van der Waals surface area contributed by atoms with Crippen LogP contribution in [0.4, 0.5) is 10.8 Å². The summed E-state index contributed by atoms with van der Waals surface area (Å²) in [7, 11) is 0. The normalized spacial score (nSPS) is 11.2. The molecule has 0 amide bonds. The highest BCUT2D eigenvalue weighted by atomic mass is 32.1. The van der Waals surface area contributed by atoms with Crippen LogP contribution in [0.3, 0.4) is 0 Å². The number of benzene rings is 1. The number of thiazole rings is 1. The third kappa shape index (κ3) is 4.16. The van der Waals surface area contributed by atoms with Crippen molar-refractivity contribution in [3.8, 4) is 0 Å². The molecule has 0 saturated heterocycles. The average Bonchev–Trinajstić information content (AvgIpc) is 2.94. The molecule has 2 rings (SSSR count). The Morgan fingerprint density at radius 2 is 2.10 bits per heavy atom. The zero-order valence-corrected chi connectivity index (χ0v) is 12.9. The van der Waals surface area contributed by atoms with Crippen molar-refractivity contribution in [3.63, 3.8) is 0 Å². The second-order valence-electron chi connectivity index (χ2n) is 4.28. The first-order chi connectivity index (χ1) is 10.2. The summed E-state index contributed by atoms with van der Waals surface area (Å²) < 4.78 is 5.08. The van der Waals surface area contributed by atoms with Crippen molar-refractivity contribution in [2.24, 2.45) is 0 Å². The Morgan fingerprint density at radius 3 is 2.76 bits per heavy atom. The molecule has 0 aliphatic rings. The van der Waals surface area contributed by atoms with Crippen molar-refractivity contribution in [3.05, 3.63) is 47.5 Å². The first-order valence-electron chi connectivity index (χ1n) is 6.89. The molecule has 0 aliphatic carbocycles. The Hall–Kier alpha value is -2.14. The Bertz CT molecular complexity index is 620. The van der Waals surface area contributed by atoms with Crippen LogP contribution in [0.25, 0.3) is 5.57 Å². The molecule has 0 radical (unpaired) electrons. The van der Waals surface area contributed by atoms with Gasteiger partial charge in [0, 0.05) is 11.1 Å². The molecule has 0 bridgehead atoms. The maximum absolute atomic E-state index is 12.0. The average molecular weight is 302 g/mol. The van der Waals surface area contributed by atoms with Gasteiger partial charge in [-0.2, -0.15) is 0 Å². The number of allylic oxidation sites excluding steroid dienone is 1.